The highest BCUT2D eigenvalue weighted by atomic mass is 32.2. The fraction of sp³-hybridized carbons (Fsp3) is 0.500. The quantitative estimate of drug-likeness (QED) is 0.704. The molecule has 0 amide bonds. The number of hydrogen-bond acceptors (Lipinski definition) is 4. The van der Waals surface area contributed by atoms with Crippen LogP contribution in [0.2, 0.25) is 0 Å². The van der Waals surface area contributed by atoms with Crippen molar-refractivity contribution in [1.82, 2.24) is 0 Å². The van der Waals surface area contributed by atoms with E-state index in [4.69, 9.17) is 10.5 Å². The Morgan fingerprint density at radius 3 is 2.44 bits per heavy atom. The topological polar surface area (TPSA) is 47.6 Å². The molecule has 0 radical (unpaired) electrons. The first kappa shape index (κ1) is 13.2. The van der Waals surface area contributed by atoms with Gasteiger partial charge >= 0.3 is 0 Å². The van der Waals surface area contributed by atoms with Gasteiger partial charge in [-0.3, -0.25) is 0 Å². The maximum atomic E-state index is 8.23. The maximum Gasteiger partial charge on any atom is 0.0666 e. The normalized spacial score (nSPS) is 17.6. The molecular formula is C12H14N2S2. The van der Waals surface area contributed by atoms with Gasteiger partial charge in [0.2, 0.25) is 0 Å². The van der Waals surface area contributed by atoms with Crippen LogP contribution in [0.4, 0.5) is 0 Å². The summed E-state index contributed by atoms with van der Waals surface area (Å²) in [6.45, 7) is 0. The summed E-state index contributed by atoms with van der Waals surface area (Å²) in [6, 6.07) is 4.26. The molecule has 0 N–H and O–H groups in total. The lowest BCUT2D eigenvalue weighted by molar-refractivity contribution is 1.07. The lowest BCUT2D eigenvalue weighted by Crippen LogP contribution is -1.76. The molecule has 0 aromatic carbocycles. The minimum atomic E-state index is 0.632. The van der Waals surface area contributed by atoms with Crippen molar-refractivity contribution in [2.45, 2.75) is 19.3 Å². The molecule has 0 aromatic heterocycles. The molecule has 2 heterocycles. The Labute approximate surface area is 105 Å². The molecule has 0 atom stereocenters. The van der Waals surface area contributed by atoms with E-state index in [0.717, 1.165) is 17.9 Å². The number of rotatable bonds is 2. The molecule has 16 heavy (non-hydrogen) atoms. The van der Waals surface area contributed by atoms with Crippen LogP contribution < -0.4 is 0 Å². The largest absolute Gasteiger partial charge is 0.198 e. The molecule has 4 heteroatoms. The third-order valence-electron chi connectivity index (χ3n) is 2.18. The number of nitrogens with zero attached hydrogens (tertiary/aromatic N) is 2. The van der Waals surface area contributed by atoms with Gasteiger partial charge in [0.1, 0.15) is 0 Å². The molecule has 0 aromatic rings. The zero-order chi connectivity index (χ0) is 11.6. The number of hydrogen-bond donors (Lipinski definition) is 0. The molecule has 2 nitrogen and oxygen atoms in total. The standard InChI is InChI=1S/2C6H7NS/c2*7-3-1-6-2-4-8-5-6/h5H,1-2,4H2;2H,1,4-5H2. The van der Waals surface area contributed by atoms with Gasteiger partial charge in [-0.25, -0.2) is 0 Å². The zero-order valence-electron chi connectivity index (χ0n) is 9.11. The molecule has 0 saturated heterocycles. The first-order valence-electron chi connectivity index (χ1n) is 5.16. The Kier molecular flexibility index (Phi) is 6.88. The van der Waals surface area contributed by atoms with Crippen molar-refractivity contribution in [3.8, 4) is 12.1 Å². The minimum absolute atomic E-state index is 0.632. The van der Waals surface area contributed by atoms with E-state index in [9.17, 15) is 0 Å². The van der Waals surface area contributed by atoms with Crippen LogP contribution in [0.15, 0.2) is 22.6 Å². The molecule has 0 spiro atoms. The Balaban J connectivity index is 0.000000160. The van der Waals surface area contributed by atoms with Crippen molar-refractivity contribution < 1.29 is 0 Å². The van der Waals surface area contributed by atoms with E-state index in [1.807, 2.05) is 23.5 Å². The second-order valence-electron chi connectivity index (χ2n) is 3.44. The minimum Gasteiger partial charge on any atom is -0.198 e. The van der Waals surface area contributed by atoms with E-state index in [1.165, 1.54) is 16.9 Å². The third kappa shape index (κ3) is 5.30. The first-order valence-corrected chi connectivity index (χ1v) is 7.36. The number of nitriles is 2. The second-order valence-corrected chi connectivity index (χ2v) is 5.45. The van der Waals surface area contributed by atoms with Gasteiger partial charge in [-0.1, -0.05) is 6.08 Å². The van der Waals surface area contributed by atoms with Gasteiger partial charge < -0.3 is 0 Å². The van der Waals surface area contributed by atoms with E-state index in [2.05, 4.69) is 23.6 Å². The highest BCUT2D eigenvalue weighted by Crippen LogP contribution is 2.23. The van der Waals surface area contributed by atoms with Gasteiger partial charge in [-0.15, -0.1) is 11.8 Å². The van der Waals surface area contributed by atoms with E-state index >= 15 is 0 Å². The molecule has 0 fully saturated rings. The Bertz CT molecular complexity index is 322. The van der Waals surface area contributed by atoms with Crippen molar-refractivity contribution in [3.63, 3.8) is 0 Å². The average molecular weight is 250 g/mol. The summed E-state index contributed by atoms with van der Waals surface area (Å²) in [5, 5.41) is 18.6. The van der Waals surface area contributed by atoms with E-state index in [-0.39, 0.29) is 0 Å². The lowest BCUT2D eigenvalue weighted by Gasteiger charge is -1.86. The second kappa shape index (κ2) is 8.33. The van der Waals surface area contributed by atoms with Gasteiger partial charge in [0.05, 0.1) is 25.0 Å². The van der Waals surface area contributed by atoms with Crippen LogP contribution in [0, 0.1) is 22.7 Å². The smallest absolute Gasteiger partial charge is 0.0666 e. The van der Waals surface area contributed by atoms with Crippen LogP contribution in [-0.2, 0) is 0 Å². The van der Waals surface area contributed by atoms with Crippen molar-refractivity contribution in [2.24, 2.45) is 0 Å². The summed E-state index contributed by atoms with van der Waals surface area (Å²) in [5.74, 6) is 3.36. The first-order chi connectivity index (χ1) is 7.86. The monoisotopic (exact) mass is 250 g/mol. The molecule has 2 aliphatic rings. The van der Waals surface area contributed by atoms with Crippen molar-refractivity contribution in [2.75, 3.05) is 17.3 Å². The van der Waals surface area contributed by atoms with Crippen LogP contribution in [0.3, 0.4) is 0 Å². The molecule has 2 aliphatic heterocycles. The Hall–Kier alpha value is -0.840. The number of allylic oxidation sites excluding steroid dienone is 1. The maximum absolute atomic E-state index is 8.23. The summed E-state index contributed by atoms with van der Waals surface area (Å²) < 4.78 is 0. The van der Waals surface area contributed by atoms with Gasteiger partial charge in [0, 0.05) is 17.3 Å². The van der Waals surface area contributed by atoms with Crippen molar-refractivity contribution in [1.29, 1.82) is 10.5 Å². The fourth-order valence-corrected chi connectivity index (χ4v) is 3.20. The Morgan fingerprint density at radius 1 is 1.19 bits per heavy atom. The molecule has 2 rings (SSSR count). The summed E-state index contributed by atoms with van der Waals surface area (Å²) in [7, 11) is 0. The van der Waals surface area contributed by atoms with Crippen LogP contribution in [0.1, 0.15) is 19.3 Å². The summed E-state index contributed by atoms with van der Waals surface area (Å²) in [4.78, 5) is 0. The van der Waals surface area contributed by atoms with E-state index < -0.39 is 0 Å². The average Bonchev–Trinajstić information content (AvgIpc) is 2.92. The van der Waals surface area contributed by atoms with E-state index in [0.29, 0.717) is 12.8 Å². The van der Waals surface area contributed by atoms with Gasteiger partial charge in [0.15, 0.2) is 0 Å². The fourth-order valence-electron chi connectivity index (χ4n) is 1.31. The summed E-state index contributed by atoms with van der Waals surface area (Å²) in [5.41, 5.74) is 2.61. The Morgan fingerprint density at radius 2 is 1.94 bits per heavy atom. The third-order valence-corrected chi connectivity index (χ3v) is 4.10. The van der Waals surface area contributed by atoms with Crippen molar-refractivity contribution >= 4 is 23.5 Å². The molecule has 0 saturated carbocycles. The zero-order valence-corrected chi connectivity index (χ0v) is 10.7. The van der Waals surface area contributed by atoms with Gasteiger partial charge in [0.25, 0.3) is 0 Å². The summed E-state index contributed by atoms with van der Waals surface area (Å²) in [6.07, 6.45) is 4.53. The predicted octanol–water partition coefficient (Wildman–Crippen LogP) is 3.49. The molecular weight excluding hydrogens is 236 g/mol. The molecule has 0 unspecified atom stereocenters. The molecule has 84 valence electrons. The SMILES string of the molecule is N#CCC1=CCSC1.N#CCC1=CSCC1. The van der Waals surface area contributed by atoms with Gasteiger partial charge in [-0.05, 0) is 23.0 Å². The predicted molar refractivity (Wildman–Crippen MR) is 71.0 cm³/mol. The molecule has 0 bridgehead atoms. The number of thioether (sulfide) groups is 2. The van der Waals surface area contributed by atoms with Crippen LogP contribution in [0.5, 0.6) is 0 Å². The van der Waals surface area contributed by atoms with Crippen LogP contribution in [-0.4, -0.2) is 17.3 Å². The van der Waals surface area contributed by atoms with Crippen LogP contribution >= 0.6 is 23.5 Å². The lowest BCUT2D eigenvalue weighted by atomic mass is 10.2. The molecule has 0 aliphatic carbocycles. The van der Waals surface area contributed by atoms with E-state index in [1.54, 1.807) is 0 Å². The summed E-state index contributed by atoms with van der Waals surface area (Å²) >= 11 is 3.69. The highest BCUT2D eigenvalue weighted by Gasteiger charge is 2.02. The van der Waals surface area contributed by atoms with Crippen LogP contribution in [0.25, 0.3) is 0 Å². The van der Waals surface area contributed by atoms with Gasteiger partial charge in [-0.2, -0.15) is 22.3 Å². The highest BCUT2D eigenvalue weighted by molar-refractivity contribution is 8.02. The van der Waals surface area contributed by atoms with Crippen molar-refractivity contribution in [3.05, 3.63) is 22.6 Å².